The van der Waals surface area contributed by atoms with Gasteiger partial charge in [-0.25, -0.2) is 4.79 Å². The molecule has 3 rings (SSSR count). The topological polar surface area (TPSA) is 88.9 Å². The van der Waals surface area contributed by atoms with Crippen LogP contribution in [-0.4, -0.2) is 33.2 Å². The SMILES string of the molecule is CCNC(=O)NC(=O)[C@@H](Sc1nnc(Cc2cccs2)n1C)c1ccccc1. The molecule has 1 aromatic carbocycles. The zero-order chi connectivity index (χ0) is 19.9. The molecular weight excluding hydrogens is 394 g/mol. The third-order valence-electron chi connectivity index (χ3n) is 3.98. The number of hydrogen-bond acceptors (Lipinski definition) is 6. The average molecular weight is 416 g/mol. The number of benzene rings is 1. The minimum atomic E-state index is -0.624. The Morgan fingerprint density at radius 1 is 1.18 bits per heavy atom. The summed E-state index contributed by atoms with van der Waals surface area (Å²) in [6, 6.07) is 12.9. The van der Waals surface area contributed by atoms with E-state index in [-0.39, 0.29) is 0 Å². The molecule has 0 aliphatic heterocycles. The number of aromatic nitrogens is 3. The van der Waals surface area contributed by atoms with E-state index in [0.717, 1.165) is 11.4 Å². The third kappa shape index (κ3) is 4.99. The highest BCUT2D eigenvalue weighted by molar-refractivity contribution is 8.00. The molecule has 0 spiro atoms. The van der Waals surface area contributed by atoms with Crippen molar-refractivity contribution < 1.29 is 9.59 Å². The normalized spacial score (nSPS) is 11.8. The molecule has 0 fully saturated rings. The number of imide groups is 1. The van der Waals surface area contributed by atoms with Gasteiger partial charge < -0.3 is 9.88 Å². The number of rotatable bonds is 7. The molecule has 1 atom stereocenters. The Bertz CT molecular complexity index is 925. The van der Waals surface area contributed by atoms with Gasteiger partial charge in [0.15, 0.2) is 5.16 Å². The highest BCUT2D eigenvalue weighted by Crippen LogP contribution is 2.34. The molecule has 0 bridgehead atoms. The van der Waals surface area contributed by atoms with E-state index in [1.807, 2.05) is 53.4 Å². The lowest BCUT2D eigenvalue weighted by Crippen LogP contribution is -2.41. The Balaban J connectivity index is 1.80. The van der Waals surface area contributed by atoms with Crippen LogP contribution >= 0.6 is 23.1 Å². The molecule has 2 N–H and O–H groups in total. The van der Waals surface area contributed by atoms with E-state index in [1.165, 1.54) is 16.6 Å². The molecule has 146 valence electrons. The lowest BCUT2D eigenvalue weighted by atomic mass is 10.1. The second-order valence-electron chi connectivity index (χ2n) is 5.97. The van der Waals surface area contributed by atoms with Crippen molar-refractivity contribution in [2.45, 2.75) is 23.8 Å². The molecule has 2 aromatic heterocycles. The predicted octanol–water partition coefficient (Wildman–Crippen LogP) is 3.15. The molecule has 9 heteroatoms. The van der Waals surface area contributed by atoms with E-state index >= 15 is 0 Å². The predicted molar refractivity (Wildman–Crippen MR) is 110 cm³/mol. The minimum Gasteiger partial charge on any atom is -0.338 e. The Labute approximate surface area is 171 Å². The van der Waals surface area contributed by atoms with Gasteiger partial charge in [-0.1, -0.05) is 48.2 Å². The highest BCUT2D eigenvalue weighted by atomic mass is 32.2. The van der Waals surface area contributed by atoms with Crippen molar-refractivity contribution in [1.29, 1.82) is 0 Å². The first-order valence-electron chi connectivity index (χ1n) is 8.79. The fraction of sp³-hybridized carbons (Fsp3) is 0.263. The second kappa shape index (κ2) is 9.52. The summed E-state index contributed by atoms with van der Waals surface area (Å²) in [6.07, 6.45) is 0.683. The van der Waals surface area contributed by atoms with Crippen molar-refractivity contribution >= 4 is 35.0 Å². The van der Waals surface area contributed by atoms with Gasteiger partial charge in [-0.2, -0.15) is 0 Å². The monoisotopic (exact) mass is 415 g/mol. The van der Waals surface area contributed by atoms with Crippen LogP contribution in [0.2, 0.25) is 0 Å². The van der Waals surface area contributed by atoms with Gasteiger partial charge in [0, 0.05) is 24.9 Å². The maximum atomic E-state index is 12.8. The molecule has 0 unspecified atom stereocenters. The molecule has 3 aromatic rings. The molecule has 7 nitrogen and oxygen atoms in total. The molecule has 0 aliphatic rings. The largest absolute Gasteiger partial charge is 0.338 e. The van der Waals surface area contributed by atoms with Crippen molar-refractivity contribution in [2.24, 2.45) is 7.05 Å². The first-order valence-corrected chi connectivity index (χ1v) is 10.5. The van der Waals surface area contributed by atoms with Gasteiger partial charge in [-0.3, -0.25) is 10.1 Å². The number of carbonyl (C=O) groups is 2. The van der Waals surface area contributed by atoms with Crippen LogP contribution in [0.3, 0.4) is 0 Å². The zero-order valence-electron chi connectivity index (χ0n) is 15.6. The van der Waals surface area contributed by atoms with Gasteiger partial charge in [-0.15, -0.1) is 21.5 Å². The fourth-order valence-electron chi connectivity index (χ4n) is 2.56. The van der Waals surface area contributed by atoms with Gasteiger partial charge in [0.1, 0.15) is 11.1 Å². The van der Waals surface area contributed by atoms with Crippen molar-refractivity contribution in [2.75, 3.05) is 6.54 Å². The Hall–Kier alpha value is -2.65. The smallest absolute Gasteiger partial charge is 0.321 e. The number of urea groups is 1. The Morgan fingerprint density at radius 2 is 1.96 bits per heavy atom. The van der Waals surface area contributed by atoms with Gasteiger partial charge in [0.25, 0.3) is 0 Å². The fourth-order valence-corrected chi connectivity index (χ4v) is 4.28. The molecule has 2 heterocycles. The van der Waals surface area contributed by atoms with Gasteiger partial charge >= 0.3 is 6.03 Å². The van der Waals surface area contributed by atoms with Gasteiger partial charge in [-0.05, 0) is 23.9 Å². The quantitative estimate of drug-likeness (QED) is 0.579. The second-order valence-corrected chi connectivity index (χ2v) is 8.08. The molecule has 0 saturated carbocycles. The zero-order valence-corrected chi connectivity index (χ0v) is 17.2. The van der Waals surface area contributed by atoms with Crippen LogP contribution < -0.4 is 10.6 Å². The maximum absolute atomic E-state index is 12.8. The lowest BCUT2D eigenvalue weighted by molar-refractivity contribution is -0.119. The summed E-state index contributed by atoms with van der Waals surface area (Å²) in [5.74, 6) is 0.422. The average Bonchev–Trinajstić information content (AvgIpc) is 3.32. The van der Waals surface area contributed by atoms with Crippen LogP contribution in [0.15, 0.2) is 53.0 Å². The molecule has 28 heavy (non-hydrogen) atoms. The number of thioether (sulfide) groups is 1. The Morgan fingerprint density at radius 3 is 2.64 bits per heavy atom. The summed E-state index contributed by atoms with van der Waals surface area (Å²) < 4.78 is 1.89. The van der Waals surface area contributed by atoms with E-state index in [1.54, 1.807) is 18.3 Å². The third-order valence-corrected chi connectivity index (χ3v) is 6.14. The number of hydrogen-bond donors (Lipinski definition) is 2. The van der Waals surface area contributed by atoms with Crippen LogP contribution in [-0.2, 0) is 18.3 Å². The van der Waals surface area contributed by atoms with Crippen molar-refractivity contribution in [1.82, 2.24) is 25.4 Å². The van der Waals surface area contributed by atoms with Gasteiger partial charge in [0.05, 0.1) is 0 Å². The number of amides is 3. The number of carbonyl (C=O) groups excluding carboxylic acids is 2. The number of thiophene rings is 1. The molecule has 3 amide bonds. The summed E-state index contributed by atoms with van der Waals surface area (Å²) in [6.45, 7) is 2.24. The lowest BCUT2D eigenvalue weighted by Gasteiger charge is -2.16. The summed E-state index contributed by atoms with van der Waals surface area (Å²) in [5.41, 5.74) is 0.789. The highest BCUT2D eigenvalue weighted by Gasteiger charge is 2.26. The van der Waals surface area contributed by atoms with E-state index in [4.69, 9.17) is 0 Å². The summed E-state index contributed by atoms with van der Waals surface area (Å²) >= 11 is 2.94. The van der Waals surface area contributed by atoms with Crippen LogP contribution in [0.5, 0.6) is 0 Å². The van der Waals surface area contributed by atoms with Gasteiger partial charge in [0.2, 0.25) is 5.91 Å². The number of nitrogens with zero attached hydrogens (tertiary/aromatic N) is 3. The molecule has 0 radical (unpaired) electrons. The van der Waals surface area contributed by atoms with Crippen LogP contribution in [0.25, 0.3) is 0 Å². The molecule has 0 aliphatic carbocycles. The molecular formula is C19H21N5O2S2. The standard InChI is InChI=1S/C19H21N5O2S2/c1-3-20-18(26)21-17(25)16(13-8-5-4-6-9-13)28-19-23-22-15(24(19)2)12-14-10-7-11-27-14/h4-11,16H,3,12H2,1-2H3,(H2,20,21,25,26)/t16-/m0/s1. The summed E-state index contributed by atoms with van der Waals surface area (Å²) in [4.78, 5) is 25.8. The first-order chi connectivity index (χ1) is 13.6. The van der Waals surface area contributed by atoms with Crippen molar-refractivity contribution in [3.8, 4) is 0 Å². The van der Waals surface area contributed by atoms with Crippen molar-refractivity contribution in [3.63, 3.8) is 0 Å². The maximum Gasteiger partial charge on any atom is 0.321 e. The van der Waals surface area contributed by atoms with Crippen LogP contribution in [0.1, 0.15) is 28.4 Å². The minimum absolute atomic E-state index is 0.398. The van der Waals surface area contributed by atoms with Crippen LogP contribution in [0.4, 0.5) is 4.79 Å². The Kier molecular flexibility index (Phi) is 6.83. The van der Waals surface area contributed by atoms with E-state index in [9.17, 15) is 9.59 Å². The summed E-state index contributed by atoms with van der Waals surface area (Å²) in [5, 5.41) is 15.5. The van der Waals surface area contributed by atoms with E-state index in [0.29, 0.717) is 18.1 Å². The number of nitrogens with one attached hydrogen (secondary N) is 2. The van der Waals surface area contributed by atoms with Crippen LogP contribution in [0, 0.1) is 0 Å². The van der Waals surface area contributed by atoms with E-state index in [2.05, 4.69) is 26.9 Å². The van der Waals surface area contributed by atoms with E-state index < -0.39 is 17.2 Å². The molecule has 0 saturated heterocycles. The van der Waals surface area contributed by atoms with Crippen molar-refractivity contribution in [3.05, 3.63) is 64.1 Å². The summed E-state index contributed by atoms with van der Waals surface area (Å²) in [7, 11) is 1.88. The first kappa shape index (κ1) is 20.1.